The molecule has 23 heavy (non-hydrogen) atoms. The van der Waals surface area contributed by atoms with E-state index in [-0.39, 0.29) is 23.9 Å². The largest absolute Gasteiger partial charge is 1.00 e. The van der Waals surface area contributed by atoms with Crippen molar-refractivity contribution in [2.75, 3.05) is 0 Å². The Morgan fingerprint density at radius 3 is 1.57 bits per heavy atom. The van der Waals surface area contributed by atoms with Gasteiger partial charge >= 0.3 is 18.9 Å². The topological polar surface area (TPSA) is 9.23 Å². The number of hydrogen-bond acceptors (Lipinski definition) is 1. The summed E-state index contributed by atoms with van der Waals surface area (Å²) in [6, 6.07) is 20.7. The Kier molecular flexibility index (Phi) is 6.95. The van der Waals surface area contributed by atoms with Crippen LogP contribution < -0.4 is 18.9 Å². The van der Waals surface area contributed by atoms with E-state index in [1.54, 1.807) is 0 Å². The molecule has 3 heteroatoms. The van der Waals surface area contributed by atoms with Crippen LogP contribution in [0.5, 0.6) is 0 Å². The van der Waals surface area contributed by atoms with Crippen LogP contribution in [-0.2, 0) is 4.43 Å². The molecule has 0 saturated carbocycles. The molecule has 2 rings (SSSR count). The SMILES string of the molecule is CC(C)(C)[Si](C)(C)O[C-]=C(c1ccccc1)c1ccccc1.[Li+]. The second-order valence-electron chi connectivity index (χ2n) is 7.07. The molecular formula is C20H25LiOSi. The van der Waals surface area contributed by atoms with Gasteiger partial charge in [-0.25, -0.2) is 0 Å². The first-order chi connectivity index (χ1) is 10.3. The number of rotatable bonds is 4. The third kappa shape index (κ3) is 5.14. The second-order valence-corrected chi connectivity index (χ2v) is 11.8. The summed E-state index contributed by atoms with van der Waals surface area (Å²) in [5.41, 5.74) is 3.28. The van der Waals surface area contributed by atoms with Gasteiger partial charge in [0.05, 0.1) is 0 Å². The maximum atomic E-state index is 6.22. The Bertz CT molecular complexity index is 586. The maximum absolute atomic E-state index is 6.22. The van der Waals surface area contributed by atoms with Gasteiger partial charge < -0.3 is 4.43 Å². The van der Waals surface area contributed by atoms with E-state index in [1.807, 2.05) is 36.4 Å². The van der Waals surface area contributed by atoms with Crippen LogP contribution in [0.1, 0.15) is 31.9 Å². The van der Waals surface area contributed by atoms with E-state index in [0.29, 0.717) is 0 Å². The summed E-state index contributed by atoms with van der Waals surface area (Å²) in [6.07, 6.45) is 3.28. The zero-order valence-electron chi connectivity index (χ0n) is 15.2. The molecule has 116 valence electrons. The van der Waals surface area contributed by atoms with Crippen molar-refractivity contribution in [1.29, 1.82) is 0 Å². The summed E-state index contributed by atoms with van der Waals surface area (Å²) in [5, 5.41) is 0.165. The van der Waals surface area contributed by atoms with Crippen molar-refractivity contribution in [2.24, 2.45) is 0 Å². The molecule has 0 fully saturated rings. The van der Waals surface area contributed by atoms with Gasteiger partial charge in [0, 0.05) is 0 Å². The van der Waals surface area contributed by atoms with E-state index in [9.17, 15) is 0 Å². The van der Waals surface area contributed by atoms with Crippen LogP contribution in [0.25, 0.3) is 5.57 Å². The average molecular weight is 316 g/mol. The fourth-order valence-electron chi connectivity index (χ4n) is 1.83. The molecule has 0 bridgehead atoms. The first-order valence-electron chi connectivity index (χ1n) is 7.73. The van der Waals surface area contributed by atoms with Crippen molar-refractivity contribution in [3.63, 3.8) is 0 Å². The molecule has 0 aliphatic carbocycles. The van der Waals surface area contributed by atoms with Gasteiger partial charge in [0.1, 0.15) is 0 Å². The van der Waals surface area contributed by atoms with Crippen molar-refractivity contribution >= 4 is 13.9 Å². The molecule has 0 aliphatic rings. The molecule has 2 aromatic carbocycles. The Hall–Kier alpha value is -1.21. The van der Waals surface area contributed by atoms with E-state index >= 15 is 0 Å². The summed E-state index contributed by atoms with van der Waals surface area (Å²) in [4.78, 5) is 0. The maximum Gasteiger partial charge on any atom is 1.00 e. The normalized spacial score (nSPS) is 11.3. The van der Waals surface area contributed by atoms with Gasteiger partial charge in [-0.15, -0.1) is 41.0 Å². The summed E-state index contributed by atoms with van der Waals surface area (Å²) in [6.45, 7) is 11.2. The Balaban J connectivity index is 0.00000264. The van der Waals surface area contributed by atoms with E-state index in [2.05, 4.69) is 64.4 Å². The third-order valence-electron chi connectivity index (χ3n) is 4.34. The molecule has 0 atom stereocenters. The van der Waals surface area contributed by atoms with Crippen molar-refractivity contribution < 1.29 is 23.3 Å². The molecule has 0 unspecified atom stereocenters. The molecule has 0 saturated heterocycles. The zero-order valence-corrected chi connectivity index (χ0v) is 16.2. The molecule has 0 heterocycles. The van der Waals surface area contributed by atoms with Crippen LogP contribution in [0, 0.1) is 6.26 Å². The summed E-state index contributed by atoms with van der Waals surface area (Å²) < 4.78 is 6.22. The minimum Gasteiger partial charge on any atom is -0.608 e. The monoisotopic (exact) mass is 316 g/mol. The van der Waals surface area contributed by atoms with Gasteiger partial charge in [-0.1, -0.05) is 57.2 Å². The summed E-state index contributed by atoms with van der Waals surface area (Å²) in [7, 11) is -1.87. The van der Waals surface area contributed by atoms with Crippen LogP contribution in [-0.4, -0.2) is 8.32 Å². The van der Waals surface area contributed by atoms with Gasteiger partial charge in [-0.3, -0.25) is 0 Å². The number of benzene rings is 2. The molecule has 0 aromatic heterocycles. The molecule has 1 nitrogen and oxygen atoms in total. The molecule has 0 amide bonds. The van der Waals surface area contributed by atoms with E-state index in [0.717, 1.165) is 16.7 Å². The predicted octanol–water partition coefficient (Wildman–Crippen LogP) is 2.90. The van der Waals surface area contributed by atoms with E-state index in [1.165, 1.54) is 0 Å². The van der Waals surface area contributed by atoms with Crippen molar-refractivity contribution in [3.8, 4) is 0 Å². The van der Waals surface area contributed by atoms with E-state index in [4.69, 9.17) is 4.43 Å². The fraction of sp³-hybridized carbons (Fsp3) is 0.300. The Morgan fingerprint density at radius 2 is 1.22 bits per heavy atom. The molecule has 0 radical (unpaired) electrons. The molecular weight excluding hydrogens is 291 g/mol. The molecule has 0 N–H and O–H groups in total. The molecule has 0 aliphatic heterocycles. The van der Waals surface area contributed by atoms with Gasteiger partial charge in [-0.05, 0) is 24.4 Å². The average Bonchev–Trinajstić information content (AvgIpc) is 2.48. The minimum atomic E-state index is -1.87. The van der Waals surface area contributed by atoms with Crippen LogP contribution in [0.2, 0.25) is 18.1 Å². The standard InChI is InChI=1S/C20H25OSi.Li/c1-20(2,3)22(4,5)21-16-19(17-12-8-6-9-13-17)18-14-10-7-11-15-18;/h6-15H,1-5H3;/q-1;+1. The van der Waals surface area contributed by atoms with Crippen LogP contribution in [0.15, 0.2) is 60.7 Å². The van der Waals surface area contributed by atoms with Crippen molar-refractivity contribution in [2.45, 2.75) is 38.9 Å². The number of hydrogen-bond donors (Lipinski definition) is 0. The Labute approximate surface area is 154 Å². The van der Waals surface area contributed by atoms with Crippen LogP contribution >= 0.6 is 0 Å². The van der Waals surface area contributed by atoms with Gasteiger partial charge in [0.25, 0.3) is 0 Å². The smallest absolute Gasteiger partial charge is 0.608 e. The predicted molar refractivity (Wildman–Crippen MR) is 96.9 cm³/mol. The minimum absolute atomic E-state index is 0. The molecule has 2 aromatic rings. The van der Waals surface area contributed by atoms with Crippen LogP contribution in [0.4, 0.5) is 0 Å². The van der Waals surface area contributed by atoms with Crippen molar-refractivity contribution in [3.05, 3.63) is 78.1 Å². The van der Waals surface area contributed by atoms with E-state index < -0.39 is 8.32 Å². The van der Waals surface area contributed by atoms with Gasteiger partial charge in [0.15, 0.2) is 0 Å². The quantitative estimate of drug-likeness (QED) is 0.479. The first-order valence-corrected chi connectivity index (χ1v) is 10.6. The molecule has 0 spiro atoms. The fourth-order valence-corrected chi connectivity index (χ4v) is 2.49. The summed E-state index contributed by atoms with van der Waals surface area (Å²) >= 11 is 0. The van der Waals surface area contributed by atoms with Crippen LogP contribution in [0.3, 0.4) is 0 Å². The van der Waals surface area contributed by atoms with Gasteiger partial charge in [-0.2, -0.15) is 0 Å². The van der Waals surface area contributed by atoms with Gasteiger partial charge in [0.2, 0.25) is 8.32 Å². The third-order valence-corrected chi connectivity index (χ3v) is 8.56. The van der Waals surface area contributed by atoms with Crippen molar-refractivity contribution in [1.82, 2.24) is 0 Å². The summed E-state index contributed by atoms with van der Waals surface area (Å²) in [5.74, 6) is 0. The second kappa shape index (κ2) is 8.06. The first kappa shape index (κ1) is 19.8. The Morgan fingerprint density at radius 1 is 0.826 bits per heavy atom. The zero-order chi connectivity index (χ0) is 16.2.